The van der Waals surface area contributed by atoms with E-state index in [-0.39, 0.29) is 0 Å². The van der Waals surface area contributed by atoms with Gasteiger partial charge >= 0.3 is 0 Å². The molecule has 0 radical (unpaired) electrons. The van der Waals surface area contributed by atoms with Crippen LogP contribution >= 0.6 is 0 Å². The molecule has 3 aromatic heterocycles. The third-order valence-electron chi connectivity index (χ3n) is 6.69. The number of hydrogen-bond donors (Lipinski definition) is 1. The molecule has 1 amide bonds. The van der Waals surface area contributed by atoms with Crippen molar-refractivity contribution in [2.45, 2.75) is 25.3 Å². The maximum Gasteiger partial charge on any atom is 0.225 e. The molecule has 1 N–H and O–H groups in total. The number of carbonyl (C=O) groups excluding carboxylic acids is 1. The van der Waals surface area contributed by atoms with E-state index in [4.69, 9.17) is 0 Å². The van der Waals surface area contributed by atoms with Crippen LogP contribution in [0.3, 0.4) is 0 Å². The Morgan fingerprint density at radius 2 is 1.90 bits per heavy atom. The molecule has 1 atom stereocenters. The lowest BCUT2D eigenvalue weighted by atomic mass is 10.2. The van der Waals surface area contributed by atoms with Crippen molar-refractivity contribution in [2.24, 2.45) is 5.92 Å². The Balaban J connectivity index is 1.24. The van der Waals surface area contributed by atoms with Crippen molar-refractivity contribution in [3.05, 3.63) is 36.9 Å². The Hall–Kier alpha value is -2.87. The van der Waals surface area contributed by atoms with Crippen molar-refractivity contribution in [1.82, 2.24) is 29.6 Å². The first-order valence-corrected chi connectivity index (χ1v) is 11.0. The Morgan fingerprint density at radius 1 is 1.03 bits per heavy atom. The van der Waals surface area contributed by atoms with Gasteiger partial charge in [0.15, 0.2) is 0 Å². The molecule has 156 valence electrons. The van der Waals surface area contributed by atoms with E-state index in [1.54, 1.807) is 0 Å². The van der Waals surface area contributed by atoms with Crippen LogP contribution < -0.4 is 10.2 Å². The number of rotatable bonds is 4. The summed E-state index contributed by atoms with van der Waals surface area (Å²) in [5.41, 5.74) is 4.54. The minimum atomic E-state index is 0.304. The summed E-state index contributed by atoms with van der Waals surface area (Å²) in [4.78, 5) is 16.8. The number of piperazine rings is 1. The van der Waals surface area contributed by atoms with E-state index in [0.29, 0.717) is 17.9 Å². The van der Waals surface area contributed by atoms with Crippen LogP contribution in [-0.2, 0) is 4.79 Å². The number of nitrogens with zero attached hydrogens (tertiary/aromatic N) is 6. The zero-order chi connectivity index (χ0) is 20.1. The van der Waals surface area contributed by atoms with Gasteiger partial charge in [-0.1, -0.05) is 0 Å². The monoisotopic (exact) mass is 405 g/mol. The van der Waals surface area contributed by atoms with Gasteiger partial charge in [-0.05, 0) is 37.9 Å². The second kappa shape index (κ2) is 7.12. The minimum absolute atomic E-state index is 0.304. The van der Waals surface area contributed by atoms with Gasteiger partial charge in [0, 0.05) is 68.4 Å². The van der Waals surface area contributed by atoms with Gasteiger partial charge in [-0.15, -0.1) is 0 Å². The summed E-state index contributed by atoms with van der Waals surface area (Å²) in [5.74, 6) is 0.660. The molecular weight excluding hydrogens is 378 g/mol. The highest BCUT2D eigenvalue weighted by atomic mass is 16.2. The van der Waals surface area contributed by atoms with Crippen molar-refractivity contribution in [3.63, 3.8) is 0 Å². The van der Waals surface area contributed by atoms with E-state index in [1.165, 1.54) is 5.69 Å². The minimum Gasteiger partial charge on any atom is -0.366 e. The SMILES string of the molecule is O=C(C1CC1)N1CCN(c2ccnn3cc(-c4cnn(C5CCNC5)c4)cc23)CC1. The van der Waals surface area contributed by atoms with Crippen LogP contribution in [0.1, 0.15) is 25.3 Å². The van der Waals surface area contributed by atoms with Crippen LogP contribution in [0.4, 0.5) is 5.69 Å². The molecule has 8 nitrogen and oxygen atoms in total. The predicted molar refractivity (Wildman–Crippen MR) is 114 cm³/mol. The van der Waals surface area contributed by atoms with Crippen molar-refractivity contribution >= 4 is 17.1 Å². The topological polar surface area (TPSA) is 70.7 Å². The first kappa shape index (κ1) is 17.9. The predicted octanol–water partition coefficient (Wildman–Crippen LogP) is 1.79. The molecule has 0 aromatic carbocycles. The first-order chi connectivity index (χ1) is 14.8. The highest BCUT2D eigenvalue weighted by molar-refractivity contribution is 5.82. The first-order valence-electron chi connectivity index (χ1n) is 11.0. The van der Waals surface area contributed by atoms with Gasteiger partial charge in [-0.3, -0.25) is 9.48 Å². The highest BCUT2D eigenvalue weighted by Gasteiger charge is 2.34. The van der Waals surface area contributed by atoms with E-state index >= 15 is 0 Å². The van der Waals surface area contributed by atoms with Crippen LogP contribution in [0.5, 0.6) is 0 Å². The maximum atomic E-state index is 12.4. The van der Waals surface area contributed by atoms with Gasteiger partial charge in [-0.25, -0.2) is 4.52 Å². The Bertz CT molecular complexity index is 1070. The molecular formula is C22H27N7O. The van der Waals surface area contributed by atoms with Gasteiger partial charge in [0.2, 0.25) is 5.91 Å². The molecule has 0 bridgehead atoms. The van der Waals surface area contributed by atoms with Crippen LogP contribution in [0.25, 0.3) is 16.6 Å². The summed E-state index contributed by atoms with van der Waals surface area (Å²) < 4.78 is 4.04. The van der Waals surface area contributed by atoms with Crippen molar-refractivity contribution in [3.8, 4) is 11.1 Å². The van der Waals surface area contributed by atoms with E-state index in [0.717, 1.165) is 75.2 Å². The van der Waals surface area contributed by atoms with Gasteiger partial charge in [0.25, 0.3) is 0 Å². The van der Waals surface area contributed by atoms with Gasteiger partial charge < -0.3 is 15.1 Å². The number of fused-ring (bicyclic) bond motifs is 1. The largest absolute Gasteiger partial charge is 0.366 e. The summed E-state index contributed by atoms with van der Waals surface area (Å²) in [6.07, 6.45) is 11.3. The van der Waals surface area contributed by atoms with Crippen LogP contribution in [-0.4, -0.2) is 69.5 Å². The number of nitrogens with one attached hydrogen (secondary N) is 1. The molecule has 0 spiro atoms. The zero-order valence-corrected chi connectivity index (χ0v) is 17.1. The molecule has 1 saturated carbocycles. The van der Waals surface area contributed by atoms with Gasteiger partial charge in [0.1, 0.15) is 0 Å². The van der Waals surface area contributed by atoms with Crippen molar-refractivity contribution in [2.75, 3.05) is 44.2 Å². The molecule has 30 heavy (non-hydrogen) atoms. The number of carbonyl (C=O) groups is 1. The Morgan fingerprint density at radius 3 is 2.67 bits per heavy atom. The molecule has 6 rings (SSSR count). The van der Waals surface area contributed by atoms with E-state index in [1.807, 2.05) is 21.8 Å². The molecule has 1 aliphatic carbocycles. The molecule has 3 aliphatic rings. The standard InChI is InChI=1S/C22H27N7O/c30-22(16-1-2-16)27-9-7-26(8-10-27)20-4-6-24-29-14-17(11-21(20)29)18-12-25-28(15-18)19-3-5-23-13-19/h4,6,11-12,14-16,19,23H,1-3,5,7-10,13H2. The quantitative estimate of drug-likeness (QED) is 0.717. The number of anilines is 1. The van der Waals surface area contributed by atoms with Crippen molar-refractivity contribution in [1.29, 1.82) is 0 Å². The van der Waals surface area contributed by atoms with E-state index < -0.39 is 0 Å². The lowest BCUT2D eigenvalue weighted by Crippen LogP contribution is -2.49. The van der Waals surface area contributed by atoms with E-state index in [2.05, 4.69) is 49.6 Å². The summed E-state index contributed by atoms with van der Waals surface area (Å²) >= 11 is 0. The summed E-state index contributed by atoms with van der Waals surface area (Å²) in [6.45, 7) is 5.39. The van der Waals surface area contributed by atoms with Crippen LogP contribution in [0.15, 0.2) is 36.9 Å². The second-order valence-electron chi connectivity index (χ2n) is 8.72. The molecule has 3 aromatic rings. The maximum absolute atomic E-state index is 12.4. The smallest absolute Gasteiger partial charge is 0.225 e. The molecule has 2 saturated heterocycles. The van der Waals surface area contributed by atoms with Crippen LogP contribution in [0, 0.1) is 5.92 Å². The fourth-order valence-electron chi connectivity index (χ4n) is 4.73. The fourth-order valence-corrected chi connectivity index (χ4v) is 4.73. The molecule has 2 aliphatic heterocycles. The Kier molecular flexibility index (Phi) is 4.26. The number of aromatic nitrogens is 4. The molecule has 5 heterocycles. The summed E-state index contributed by atoms with van der Waals surface area (Å²) in [7, 11) is 0. The zero-order valence-electron chi connectivity index (χ0n) is 17.1. The lowest BCUT2D eigenvalue weighted by molar-refractivity contribution is -0.132. The second-order valence-corrected chi connectivity index (χ2v) is 8.72. The number of amides is 1. The highest BCUT2D eigenvalue weighted by Crippen LogP contribution is 2.32. The molecule has 8 heteroatoms. The fraction of sp³-hybridized carbons (Fsp3) is 0.500. The van der Waals surface area contributed by atoms with Crippen molar-refractivity contribution < 1.29 is 4.79 Å². The van der Waals surface area contributed by atoms with Gasteiger partial charge in [-0.2, -0.15) is 10.2 Å². The number of hydrogen-bond acceptors (Lipinski definition) is 5. The Labute approximate surface area is 175 Å². The molecule has 3 fully saturated rings. The average molecular weight is 406 g/mol. The normalized spacial score (nSPS) is 22.2. The van der Waals surface area contributed by atoms with Gasteiger partial charge in [0.05, 0.1) is 23.4 Å². The average Bonchev–Trinajstić information content (AvgIpc) is 3.17. The summed E-state index contributed by atoms with van der Waals surface area (Å²) in [6, 6.07) is 4.74. The summed E-state index contributed by atoms with van der Waals surface area (Å²) in [5, 5.41) is 12.5. The molecule has 1 unspecified atom stereocenters. The lowest BCUT2D eigenvalue weighted by Gasteiger charge is -2.36. The third-order valence-corrected chi connectivity index (χ3v) is 6.69. The third kappa shape index (κ3) is 3.15. The van der Waals surface area contributed by atoms with Crippen LogP contribution in [0.2, 0.25) is 0 Å². The van der Waals surface area contributed by atoms with E-state index in [9.17, 15) is 4.79 Å².